The van der Waals surface area contributed by atoms with Gasteiger partial charge in [0.25, 0.3) is 5.91 Å². The second-order valence-corrected chi connectivity index (χ2v) is 7.17. The molecule has 0 unspecified atom stereocenters. The quantitative estimate of drug-likeness (QED) is 0.425. The maximum absolute atomic E-state index is 12.7. The number of hydrogen-bond acceptors (Lipinski definition) is 6. The zero-order valence-electron chi connectivity index (χ0n) is 18.0. The Morgan fingerprint density at radius 1 is 1.03 bits per heavy atom. The molecule has 0 spiro atoms. The number of amides is 1. The summed E-state index contributed by atoms with van der Waals surface area (Å²) in [6, 6.07) is 22.0. The molecule has 166 valence electrons. The summed E-state index contributed by atoms with van der Waals surface area (Å²) in [5.74, 6) is 1.71. The molecular weight excluding hydrogens is 420 g/mol. The largest absolute Gasteiger partial charge is 0.493 e. The highest BCUT2D eigenvalue weighted by Gasteiger charge is 2.15. The van der Waals surface area contributed by atoms with E-state index < -0.39 is 5.91 Å². The maximum atomic E-state index is 12.7. The molecule has 7 heteroatoms. The number of carbonyl (C=O) groups is 1. The fourth-order valence-corrected chi connectivity index (χ4v) is 3.27. The Kier molecular flexibility index (Phi) is 6.76. The Balaban J connectivity index is 1.51. The third kappa shape index (κ3) is 5.43. The van der Waals surface area contributed by atoms with Gasteiger partial charge in [-0.2, -0.15) is 5.26 Å². The Bertz CT molecular complexity index is 1220. The molecule has 0 saturated carbocycles. The van der Waals surface area contributed by atoms with E-state index in [2.05, 4.69) is 5.32 Å². The maximum Gasteiger partial charge on any atom is 0.266 e. The highest BCUT2D eigenvalue weighted by molar-refractivity contribution is 6.09. The molecule has 0 bridgehead atoms. The molecular formula is C26H22N2O5. The number of nitrogens with one attached hydrogen (secondary N) is 1. The summed E-state index contributed by atoms with van der Waals surface area (Å²) >= 11 is 0. The van der Waals surface area contributed by atoms with Crippen molar-refractivity contribution >= 4 is 17.7 Å². The van der Waals surface area contributed by atoms with Crippen LogP contribution in [0.1, 0.15) is 11.1 Å². The molecule has 7 nitrogen and oxygen atoms in total. The number of anilines is 1. The number of benzene rings is 3. The Morgan fingerprint density at radius 2 is 1.82 bits per heavy atom. The van der Waals surface area contributed by atoms with Crippen molar-refractivity contribution in [1.82, 2.24) is 0 Å². The van der Waals surface area contributed by atoms with Gasteiger partial charge in [-0.15, -0.1) is 0 Å². The van der Waals surface area contributed by atoms with E-state index in [1.165, 1.54) is 6.08 Å². The van der Waals surface area contributed by atoms with Gasteiger partial charge in [0.1, 0.15) is 31.5 Å². The van der Waals surface area contributed by atoms with E-state index in [4.69, 9.17) is 18.9 Å². The number of rotatable bonds is 7. The number of nitriles is 1. The van der Waals surface area contributed by atoms with Gasteiger partial charge in [-0.25, -0.2) is 0 Å². The zero-order valence-corrected chi connectivity index (χ0v) is 18.0. The minimum Gasteiger partial charge on any atom is -0.493 e. The first-order valence-electron chi connectivity index (χ1n) is 10.3. The first-order chi connectivity index (χ1) is 16.2. The molecule has 1 N–H and O–H groups in total. The SMILES string of the molecule is COc1ccc(/C=C(\C#N)C(=O)Nc2ccc3c(c2)OCCO3)cc1OCc1ccccc1. The standard InChI is InChI=1S/C26H22N2O5/c1-30-22-9-7-19(14-24(22)33-17-18-5-3-2-4-6-18)13-20(16-27)26(29)28-21-8-10-23-25(15-21)32-12-11-31-23/h2-10,13-15H,11-12,17H2,1H3,(H,28,29)/b20-13+. The second-order valence-electron chi connectivity index (χ2n) is 7.17. The van der Waals surface area contributed by atoms with Gasteiger partial charge in [-0.3, -0.25) is 4.79 Å². The Labute approximate surface area is 191 Å². The lowest BCUT2D eigenvalue weighted by molar-refractivity contribution is -0.112. The third-order valence-electron chi connectivity index (χ3n) is 4.90. The van der Waals surface area contributed by atoms with Crippen molar-refractivity contribution in [2.45, 2.75) is 6.61 Å². The predicted octanol–water partition coefficient (Wildman–Crippen LogP) is 4.59. The van der Waals surface area contributed by atoms with Crippen LogP contribution in [0.15, 0.2) is 72.3 Å². The summed E-state index contributed by atoms with van der Waals surface area (Å²) in [5.41, 5.74) is 2.10. The molecule has 1 amide bonds. The molecule has 4 rings (SSSR count). The molecule has 3 aromatic carbocycles. The van der Waals surface area contributed by atoms with Crippen LogP contribution in [0.25, 0.3) is 6.08 Å². The molecule has 0 fully saturated rings. The summed E-state index contributed by atoms with van der Waals surface area (Å²) in [7, 11) is 1.56. The van der Waals surface area contributed by atoms with E-state index in [0.717, 1.165) is 5.56 Å². The molecule has 0 aliphatic carbocycles. The van der Waals surface area contributed by atoms with Gasteiger partial charge < -0.3 is 24.3 Å². The molecule has 0 atom stereocenters. The summed E-state index contributed by atoms with van der Waals surface area (Å²) in [6.07, 6.45) is 1.50. The van der Waals surface area contributed by atoms with Gasteiger partial charge in [0.2, 0.25) is 0 Å². The zero-order chi connectivity index (χ0) is 23.0. The van der Waals surface area contributed by atoms with Crippen molar-refractivity contribution < 1.29 is 23.7 Å². The van der Waals surface area contributed by atoms with Crippen molar-refractivity contribution in [3.63, 3.8) is 0 Å². The molecule has 3 aromatic rings. The first kappa shape index (κ1) is 21.8. The highest BCUT2D eigenvalue weighted by atomic mass is 16.6. The minimum atomic E-state index is -0.531. The van der Waals surface area contributed by atoms with Crippen LogP contribution in [0, 0.1) is 11.3 Å². The van der Waals surface area contributed by atoms with Crippen molar-refractivity contribution in [2.75, 3.05) is 25.6 Å². The molecule has 0 radical (unpaired) electrons. The van der Waals surface area contributed by atoms with Crippen LogP contribution in [0.2, 0.25) is 0 Å². The van der Waals surface area contributed by atoms with E-state index in [1.54, 1.807) is 43.5 Å². The summed E-state index contributed by atoms with van der Waals surface area (Å²) in [5, 5.41) is 12.3. The van der Waals surface area contributed by atoms with Crippen molar-refractivity contribution in [3.8, 4) is 29.1 Å². The van der Waals surface area contributed by atoms with Crippen LogP contribution in [0.4, 0.5) is 5.69 Å². The number of methoxy groups -OCH3 is 1. The fourth-order valence-electron chi connectivity index (χ4n) is 3.27. The lowest BCUT2D eigenvalue weighted by atomic mass is 10.1. The highest BCUT2D eigenvalue weighted by Crippen LogP contribution is 2.33. The van der Waals surface area contributed by atoms with Gasteiger partial charge in [-0.1, -0.05) is 36.4 Å². The third-order valence-corrected chi connectivity index (χ3v) is 4.90. The average molecular weight is 442 g/mol. The van der Waals surface area contributed by atoms with Crippen LogP contribution < -0.4 is 24.3 Å². The summed E-state index contributed by atoms with van der Waals surface area (Å²) < 4.78 is 22.3. The van der Waals surface area contributed by atoms with Crippen molar-refractivity contribution in [2.24, 2.45) is 0 Å². The van der Waals surface area contributed by atoms with Gasteiger partial charge >= 0.3 is 0 Å². The number of hydrogen-bond donors (Lipinski definition) is 1. The summed E-state index contributed by atoms with van der Waals surface area (Å²) in [6.45, 7) is 1.29. The molecule has 0 aromatic heterocycles. The van der Waals surface area contributed by atoms with Crippen molar-refractivity contribution in [3.05, 3.63) is 83.4 Å². The molecule has 1 heterocycles. The molecule has 1 aliphatic heterocycles. The number of carbonyl (C=O) groups excluding carboxylic acids is 1. The van der Waals surface area contributed by atoms with E-state index in [0.29, 0.717) is 54.1 Å². The number of nitrogens with zero attached hydrogens (tertiary/aromatic N) is 1. The van der Waals surface area contributed by atoms with Crippen LogP contribution in [-0.4, -0.2) is 26.2 Å². The van der Waals surface area contributed by atoms with E-state index >= 15 is 0 Å². The first-order valence-corrected chi connectivity index (χ1v) is 10.3. The van der Waals surface area contributed by atoms with Crippen LogP contribution in [0.5, 0.6) is 23.0 Å². The van der Waals surface area contributed by atoms with Crippen LogP contribution in [0.3, 0.4) is 0 Å². The molecule has 0 saturated heterocycles. The lowest BCUT2D eigenvalue weighted by Crippen LogP contribution is -2.17. The normalized spacial score (nSPS) is 12.4. The topological polar surface area (TPSA) is 89.8 Å². The van der Waals surface area contributed by atoms with Gasteiger partial charge in [0.05, 0.1) is 7.11 Å². The Hall–Kier alpha value is -4.44. The molecule has 33 heavy (non-hydrogen) atoms. The van der Waals surface area contributed by atoms with E-state index in [-0.39, 0.29) is 5.57 Å². The van der Waals surface area contributed by atoms with Crippen molar-refractivity contribution in [1.29, 1.82) is 5.26 Å². The number of fused-ring (bicyclic) bond motifs is 1. The smallest absolute Gasteiger partial charge is 0.266 e. The fraction of sp³-hybridized carbons (Fsp3) is 0.154. The monoisotopic (exact) mass is 442 g/mol. The van der Waals surface area contributed by atoms with E-state index in [9.17, 15) is 10.1 Å². The van der Waals surface area contributed by atoms with Gasteiger partial charge in [0, 0.05) is 11.8 Å². The lowest BCUT2D eigenvalue weighted by Gasteiger charge is -2.18. The predicted molar refractivity (Wildman–Crippen MR) is 123 cm³/mol. The second kappa shape index (κ2) is 10.2. The minimum absolute atomic E-state index is 0.0518. The van der Waals surface area contributed by atoms with E-state index in [1.807, 2.05) is 36.4 Å². The number of ether oxygens (including phenoxy) is 4. The molecule has 1 aliphatic rings. The van der Waals surface area contributed by atoms with Gasteiger partial charge in [0.15, 0.2) is 23.0 Å². The van der Waals surface area contributed by atoms with Crippen LogP contribution >= 0.6 is 0 Å². The van der Waals surface area contributed by atoms with Gasteiger partial charge in [-0.05, 0) is 41.5 Å². The summed E-state index contributed by atoms with van der Waals surface area (Å²) in [4.78, 5) is 12.7. The average Bonchev–Trinajstić information content (AvgIpc) is 2.86. The Morgan fingerprint density at radius 3 is 2.58 bits per heavy atom. The van der Waals surface area contributed by atoms with Crippen LogP contribution in [-0.2, 0) is 11.4 Å².